The van der Waals surface area contributed by atoms with Crippen LogP contribution < -0.4 is 4.74 Å². The summed E-state index contributed by atoms with van der Waals surface area (Å²) in [6, 6.07) is 15.6. The molecule has 1 unspecified atom stereocenters. The zero-order valence-electron chi connectivity index (χ0n) is 22.5. The van der Waals surface area contributed by atoms with Gasteiger partial charge in [-0.3, -0.25) is 0 Å². The number of hydrogen-bond acceptors (Lipinski definition) is 5. The van der Waals surface area contributed by atoms with E-state index in [2.05, 4.69) is 42.8 Å². The highest BCUT2D eigenvalue weighted by Gasteiger charge is 2.16. The molecule has 2 rings (SSSR count). The molecule has 0 saturated heterocycles. The fraction of sp³-hybridized carbons (Fsp3) is 0.516. The van der Waals surface area contributed by atoms with E-state index in [9.17, 15) is 4.79 Å². The number of carbonyl (C=O) groups is 1. The van der Waals surface area contributed by atoms with Gasteiger partial charge in [0.1, 0.15) is 5.75 Å². The molecule has 1 atom stereocenters. The molecule has 196 valence electrons. The third-order valence-corrected chi connectivity index (χ3v) is 6.02. The standard InChI is InChI=1S/C31H44N2O3/c1-5-7-9-10-11-12-13-14-16-30(36-31(34)25(3)4)35-29-23-21-28(22-24-29)33-32-27-19-17-26(18-20-27)15-8-6-2/h17-24,30H,3,5-16H2,1-2,4H3. The lowest BCUT2D eigenvalue weighted by Gasteiger charge is -2.19. The topological polar surface area (TPSA) is 60.2 Å². The summed E-state index contributed by atoms with van der Waals surface area (Å²) in [4.78, 5) is 12.1. The molecular formula is C31H44N2O3. The van der Waals surface area contributed by atoms with Gasteiger partial charge in [-0.25, -0.2) is 4.79 Å². The molecule has 0 amide bonds. The minimum atomic E-state index is -0.631. The van der Waals surface area contributed by atoms with Crippen molar-refractivity contribution in [2.24, 2.45) is 10.2 Å². The average molecular weight is 493 g/mol. The second-order valence-electron chi connectivity index (χ2n) is 9.46. The lowest BCUT2D eigenvalue weighted by Crippen LogP contribution is -2.24. The molecule has 0 saturated carbocycles. The summed E-state index contributed by atoms with van der Waals surface area (Å²) in [7, 11) is 0. The first kappa shape index (κ1) is 29.3. The van der Waals surface area contributed by atoms with Crippen molar-refractivity contribution in [3.05, 3.63) is 66.2 Å². The number of unbranched alkanes of at least 4 members (excludes halogenated alkanes) is 8. The highest BCUT2D eigenvalue weighted by molar-refractivity contribution is 5.87. The Morgan fingerprint density at radius 1 is 0.778 bits per heavy atom. The van der Waals surface area contributed by atoms with E-state index >= 15 is 0 Å². The SMILES string of the molecule is C=C(C)C(=O)OC(CCCCCCCCCC)Oc1ccc(N=Nc2ccc(CCCC)cc2)cc1. The third kappa shape index (κ3) is 12.1. The van der Waals surface area contributed by atoms with Crippen LogP contribution in [0.3, 0.4) is 0 Å². The number of aryl methyl sites for hydroxylation is 1. The zero-order chi connectivity index (χ0) is 26.0. The molecule has 0 spiro atoms. The fourth-order valence-electron chi connectivity index (χ4n) is 3.78. The summed E-state index contributed by atoms with van der Waals surface area (Å²) >= 11 is 0. The Bertz CT molecular complexity index is 920. The molecule has 5 nitrogen and oxygen atoms in total. The number of benzene rings is 2. The Kier molecular flexibility index (Phi) is 14.2. The van der Waals surface area contributed by atoms with Crippen molar-refractivity contribution in [3.8, 4) is 5.75 Å². The quantitative estimate of drug-likeness (QED) is 0.0684. The van der Waals surface area contributed by atoms with Crippen LogP contribution >= 0.6 is 0 Å². The average Bonchev–Trinajstić information content (AvgIpc) is 2.89. The van der Waals surface area contributed by atoms with Gasteiger partial charge in [-0.15, -0.1) is 0 Å². The van der Waals surface area contributed by atoms with Gasteiger partial charge in [0.2, 0.25) is 6.29 Å². The summed E-state index contributed by atoms with van der Waals surface area (Å²) in [6.45, 7) is 9.76. The monoisotopic (exact) mass is 492 g/mol. The van der Waals surface area contributed by atoms with Crippen molar-refractivity contribution in [1.82, 2.24) is 0 Å². The van der Waals surface area contributed by atoms with Crippen LogP contribution in [0.25, 0.3) is 0 Å². The predicted octanol–water partition coefficient (Wildman–Crippen LogP) is 9.80. The van der Waals surface area contributed by atoms with E-state index in [0.29, 0.717) is 17.7 Å². The van der Waals surface area contributed by atoms with Crippen LogP contribution in [0.1, 0.15) is 97.0 Å². The van der Waals surface area contributed by atoms with E-state index in [0.717, 1.165) is 30.6 Å². The molecule has 0 aliphatic rings. The van der Waals surface area contributed by atoms with E-state index in [4.69, 9.17) is 9.47 Å². The summed E-state index contributed by atoms with van der Waals surface area (Å²) in [5.41, 5.74) is 3.25. The molecule has 0 N–H and O–H groups in total. The van der Waals surface area contributed by atoms with Crippen LogP contribution in [-0.2, 0) is 16.0 Å². The first-order chi connectivity index (χ1) is 17.5. The second-order valence-corrected chi connectivity index (χ2v) is 9.46. The van der Waals surface area contributed by atoms with Gasteiger partial charge in [0.05, 0.1) is 11.4 Å². The molecular weight excluding hydrogens is 448 g/mol. The van der Waals surface area contributed by atoms with Gasteiger partial charge in [0.15, 0.2) is 0 Å². The number of rotatable bonds is 18. The zero-order valence-corrected chi connectivity index (χ0v) is 22.5. The van der Waals surface area contributed by atoms with Gasteiger partial charge >= 0.3 is 5.97 Å². The number of azo groups is 1. The molecule has 36 heavy (non-hydrogen) atoms. The van der Waals surface area contributed by atoms with Crippen molar-refractivity contribution in [3.63, 3.8) is 0 Å². The number of hydrogen-bond donors (Lipinski definition) is 0. The van der Waals surface area contributed by atoms with Crippen molar-refractivity contribution < 1.29 is 14.3 Å². The molecule has 5 heteroatoms. The third-order valence-electron chi connectivity index (χ3n) is 6.02. The van der Waals surface area contributed by atoms with Gasteiger partial charge in [0.25, 0.3) is 0 Å². The first-order valence-corrected chi connectivity index (χ1v) is 13.7. The number of carbonyl (C=O) groups excluding carboxylic acids is 1. The molecule has 0 bridgehead atoms. The lowest BCUT2D eigenvalue weighted by molar-refractivity contribution is -0.159. The lowest BCUT2D eigenvalue weighted by atomic mass is 10.1. The summed E-state index contributed by atoms with van der Waals surface area (Å²) < 4.78 is 11.5. The maximum atomic E-state index is 12.1. The Morgan fingerprint density at radius 2 is 1.31 bits per heavy atom. The van der Waals surface area contributed by atoms with Crippen LogP contribution in [0.5, 0.6) is 5.75 Å². The van der Waals surface area contributed by atoms with Gasteiger partial charge in [-0.05, 0) is 68.1 Å². The van der Waals surface area contributed by atoms with Crippen molar-refractivity contribution in [2.75, 3.05) is 0 Å². The maximum absolute atomic E-state index is 12.1. The van der Waals surface area contributed by atoms with Crippen LogP contribution in [0.4, 0.5) is 11.4 Å². The summed E-state index contributed by atoms with van der Waals surface area (Å²) in [6.07, 6.45) is 13.2. The highest BCUT2D eigenvalue weighted by atomic mass is 16.7. The van der Waals surface area contributed by atoms with Crippen LogP contribution in [-0.4, -0.2) is 12.3 Å². The van der Waals surface area contributed by atoms with E-state index in [1.165, 1.54) is 56.9 Å². The number of esters is 1. The molecule has 0 radical (unpaired) electrons. The molecule has 0 aliphatic carbocycles. The van der Waals surface area contributed by atoms with E-state index in [1.54, 1.807) is 6.92 Å². The van der Waals surface area contributed by atoms with Crippen LogP contribution in [0.2, 0.25) is 0 Å². The van der Waals surface area contributed by atoms with E-state index in [1.807, 2.05) is 36.4 Å². The molecule has 0 heterocycles. The molecule has 2 aromatic carbocycles. The van der Waals surface area contributed by atoms with Crippen LogP contribution in [0, 0.1) is 0 Å². The normalized spacial score (nSPS) is 12.0. The fourth-order valence-corrected chi connectivity index (χ4v) is 3.78. The van der Waals surface area contributed by atoms with E-state index in [-0.39, 0.29) is 0 Å². The van der Waals surface area contributed by atoms with Crippen LogP contribution in [0.15, 0.2) is 70.9 Å². The molecule has 2 aromatic rings. The minimum Gasteiger partial charge on any atom is -0.455 e. The van der Waals surface area contributed by atoms with Crippen molar-refractivity contribution in [1.29, 1.82) is 0 Å². The van der Waals surface area contributed by atoms with Gasteiger partial charge in [-0.2, -0.15) is 10.2 Å². The molecule has 0 fully saturated rings. The first-order valence-electron chi connectivity index (χ1n) is 13.7. The second kappa shape index (κ2) is 17.5. The Morgan fingerprint density at radius 3 is 1.86 bits per heavy atom. The minimum absolute atomic E-state index is 0.369. The Labute approximate surface area is 218 Å². The maximum Gasteiger partial charge on any atom is 0.336 e. The molecule has 0 aromatic heterocycles. The Balaban J connectivity index is 1.86. The number of nitrogens with zero attached hydrogens (tertiary/aromatic N) is 2. The van der Waals surface area contributed by atoms with Crippen molar-refractivity contribution in [2.45, 2.75) is 104 Å². The smallest absolute Gasteiger partial charge is 0.336 e. The van der Waals surface area contributed by atoms with Gasteiger partial charge in [0, 0.05) is 12.0 Å². The Hall–Kier alpha value is -2.95. The van der Waals surface area contributed by atoms with Gasteiger partial charge in [-0.1, -0.05) is 83.9 Å². The molecule has 0 aliphatic heterocycles. The summed E-state index contributed by atoms with van der Waals surface area (Å²) in [5.74, 6) is 0.207. The highest BCUT2D eigenvalue weighted by Crippen LogP contribution is 2.24. The predicted molar refractivity (Wildman–Crippen MR) is 148 cm³/mol. The van der Waals surface area contributed by atoms with Crippen molar-refractivity contribution >= 4 is 17.3 Å². The van der Waals surface area contributed by atoms with E-state index < -0.39 is 12.3 Å². The largest absolute Gasteiger partial charge is 0.455 e. The number of ether oxygens (including phenoxy) is 2. The van der Waals surface area contributed by atoms with Gasteiger partial charge < -0.3 is 9.47 Å². The summed E-state index contributed by atoms with van der Waals surface area (Å²) in [5, 5.41) is 8.66.